The van der Waals surface area contributed by atoms with Crippen molar-refractivity contribution in [3.63, 3.8) is 0 Å². The predicted molar refractivity (Wildman–Crippen MR) is 209 cm³/mol. The van der Waals surface area contributed by atoms with Gasteiger partial charge in [-0.2, -0.15) is 0 Å². The molecule has 0 aromatic heterocycles. The average Bonchev–Trinajstić information content (AvgIpc) is 3.78. The Kier molecular flexibility index (Phi) is 6.47. The molecule has 236 valence electrons. The average molecular weight is 803 g/mol. The molecule has 2 aliphatic rings. The van der Waals surface area contributed by atoms with E-state index in [1.807, 2.05) is 0 Å². The van der Waals surface area contributed by atoms with Gasteiger partial charge in [-0.3, -0.25) is 0 Å². The summed E-state index contributed by atoms with van der Waals surface area (Å²) in [6.45, 7) is 6.89. The van der Waals surface area contributed by atoms with Gasteiger partial charge in [-0.1, -0.05) is 0 Å². The van der Waals surface area contributed by atoms with Crippen molar-refractivity contribution >= 4 is 25.7 Å². The van der Waals surface area contributed by atoms with Gasteiger partial charge in [-0.05, 0) is 0 Å². The third kappa shape index (κ3) is 3.79. The zero-order chi connectivity index (χ0) is 33.3. The van der Waals surface area contributed by atoms with Gasteiger partial charge in [0.05, 0.1) is 0 Å². The molecule has 2 atom stereocenters. The summed E-state index contributed by atoms with van der Waals surface area (Å²) >= 11 is -5.93. The second kappa shape index (κ2) is 9.97. The van der Waals surface area contributed by atoms with Gasteiger partial charge < -0.3 is 0 Å². The predicted octanol–water partition coefficient (Wildman–Crippen LogP) is 10.5. The quantitative estimate of drug-likeness (QED) is 0.147. The maximum absolute atomic E-state index is 5.93. The third-order valence-electron chi connectivity index (χ3n) is 13.5. The van der Waals surface area contributed by atoms with E-state index in [4.69, 9.17) is 0 Å². The minimum absolute atomic E-state index is 0.180. The summed E-state index contributed by atoms with van der Waals surface area (Å²) in [6.07, 6.45) is 10.2. The van der Waals surface area contributed by atoms with Crippen molar-refractivity contribution in [1.29, 1.82) is 0 Å². The van der Waals surface area contributed by atoms with Crippen LogP contribution in [-0.4, -0.2) is 6.94 Å². The van der Waals surface area contributed by atoms with E-state index < -0.39 is 14.2 Å². The Morgan fingerprint density at radius 1 is 0.417 bits per heavy atom. The van der Waals surface area contributed by atoms with E-state index in [9.17, 15) is 0 Å². The first-order valence-corrected chi connectivity index (χ1v) is 40.6. The van der Waals surface area contributed by atoms with Crippen LogP contribution >= 0.6 is 0 Å². The summed E-state index contributed by atoms with van der Waals surface area (Å²) in [5.41, 5.74) is 13.5. The number of fused-ring (bicyclic) bond motifs is 2. The standard InChI is InChI=1S/2C16H13.2C6H5.2CH3.Hf.H2Si/c2*1-12-6-2-3-9-14(12)16-11-5-8-13-7-4-10-15(13)16;2*1-2-4-6-5-3-1;;;;/h2*2-11H,1H3;2*1-5H;2*1H3;;1H2. The minimum atomic E-state index is -5.93. The van der Waals surface area contributed by atoms with Gasteiger partial charge in [-0.15, -0.1) is 0 Å². The van der Waals surface area contributed by atoms with Crippen molar-refractivity contribution < 1.29 is 14.2 Å². The molecule has 8 rings (SSSR count). The van der Waals surface area contributed by atoms with E-state index >= 15 is 0 Å². The van der Waals surface area contributed by atoms with E-state index in [2.05, 4.69) is 200 Å². The second-order valence-corrected chi connectivity index (χ2v) is 85.2. The summed E-state index contributed by atoms with van der Waals surface area (Å²) < 4.78 is 8.95. The number of allylic oxidation sites excluding steroid dienone is 2. The fourth-order valence-corrected chi connectivity index (χ4v) is 57.7. The summed E-state index contributed by atoms with van der Waals surface area (Å²) in [5.74, 6) is 0. The Hall–Kier alpha value is -4.11. The molecule has 2 unspecified atom stereocenters. The van der Waals surface area contributed by atoms with E-state index in [-0.39, 0.29) is 7.35 Å². The molecule has 0 bridgehead atoms. The van der Waals surface area contributed by atoms with Gasteiger partial charge in [0.25, 0.3) is 0 Å². The van der Waals surface area contributed by atoms with E-state index in [0.29, 0.717) is 0 Å². The molecule has 0 N–H and O–H groups in total. The first kappa shape index (κ1) is 31.2. The van der Waals surface area contributed by atoms with Gasteiger partial charge >= 0.3 is 284 Å². The molecule has 6 aromatic carbocycles. The molecule has 0 saturated carbocycles. The Balaban J connectivity index is 1.52. The van der Waals surface area contributed by atoms with Crippen LogP contribution in [0.4, 0.5) is 0 Å². The van der Waals surface area contributed by atoms with Crippen LogP contribution in [0.15, 0.2) is 158 Å². The van der Waals surface area contributed by atoms with Crippen LogP contribution in [0.5, 0.6) is 0 Å². The van der Waals surface area contributed by atoms with Gasteiger partial charge in [0, 0.05) is 0 Å². The SMILES string of the molecule is Cc1ccccc1-c1cccc2c1C=C[CH]2[Hf]([CH3])([CH3])(=[SiH2])([c]1ccccc1)([c]1ccccc1)[CH]1C=Cc2c(-c3ccccc3C)cccc21. The molecule has 0 spiro atoms. The fraction of sp³-hybridized carbons (Fsp3) is 0.130. The first-order chi connectivity index (χ1) is 23.0. The van der Waals surface area contributed by atoms with Crippen LogP contribution < -0.4 is 6.64 Å². The molecule has 48 heavy (non-hydrogen) atoms. The Bertz CT molecular complexity index is 2290. The summed E-state index contributed by atoms with van der Waals surface area (Å²) in [5, 5.41) is 0. The topological polar surface area (TPSA) is 0 Å². The molecule has 0 amide bonds. The van der Waals surface area contributed by atoms with Crippen LogP contribution in [0, 0.1) is 13.8 Å². The number of rotatable bonds is 6. The van der Waals surface area contributed by atoms with Crippen molar-refractivity contribution in [1.82, 2.24) is 0 Å². The van der Waals surface area contributed by atoms with Crippen LogP contribution in [-0.2, 0) is 14.2 Å². The molecule has 2 heteroatoms. The number of hydrogen-bond acceptors (Lipinski definition) is 0. The van der Waals surface area contributed by atoms with Crippen molar-refractivity contribution in [3.05, 3.63) is 191 Å². The Labute approximate surface area is 282 Å². The van der Waals surface area contributed by atoms with E-state index in [0.717, 1.165) is 0 Å². The normalized spacial score (nSPS) is 18.7. The van der Waals surface area contributed by atoms with Crippen molar-refractivity contribution in [2.75, 3.05) is 0 Å². The molecule has 0 aliphatic heterocycles. The number of benzene rings is 6. The Morgan fingerprint density at radius 3 is 1.17 bits per heavy atom. The van der Waals surface area contributed by atoms with Crippen LogP contribution in [0.1, 0.15) is 40.7 Å². The van der Waals surface area contributed by atoms with Gasteiger partial charge in [0.1, 0.15) is 0 Å². The van der Waals surface area contributed by atoms with Crippen LogP contribution in [0.25, 0.3) is 34.4 Å². The molecule has 2 aliphatic carbocycles. The summed E-state index contributed by atoms with van der Waals surface area (Å²) in [7, 11) is 0. The third-order valence-corrected chi connectivity index (χ3v) is 70.6. The maximum atomic E-state index is 2.79. The zero-order valence-corrected chi connectivity index (χ0v) is 33.5. The summed E-state index contributed by atoms with van der Waals surface area (Å²) in [6, 6.07) is 55.2. The second-order valence-electron chi connectivity index (χ2n) is 16.6. The van der Waals surface area contributed by atoms with Gasteiger partial charge in [0.15, 0.2) is 0 Å². The van der Waals surface area contributed by atoms with Crippen molar-refractivity contribution in [3.8, 4) is 22.3 Å². The van der Waals surface area contributed by atoms with E-state index in [1.165, 1.54) is 62.3 Å². The molecular weight excluding hydrogens is 759 g/mol. The molecule has 6 aromatic rings. The number of aryl methyl sites for hydroxylation is 2. The van der Waals surface area contributed by atoms with Crippen LogP contribution in [0.2, 0.25) is 9.36 Å². The van der Waals surface area contributed by atoms with Gasteiger partial charge in [-0.25, -0.2) is 0 Å². The molecular formula is C46H44HfSi. The fourth-order valence-electron chi connectivity index (χ4n) is 10.5. The first-order valence-electron chi connectivity index (χ1n) is 17.4. The van der Waals surface area contributed by atoms with Gasteiger partial charge in [0.2, 0.25) is 0 Å². The molecule has 0 radical (unpaired) electrons. The number of hydrogen-bond donors (Lipinski definition) is 0. The molecule has 0 fully saturated rings. The summed E-state index contributed by atoms with van der Waals surface area (Å²) in [4.78, 5) is 0. The molecule has 0 nitrogen and oxygen atoms in total. The van der Waals surface area contributed by atoms with E-state index in [1.54, 1.807) is 0 Å². The molecule has 0 heterocycles. The molecule has 0 saturated heterocycles. The van der Waals surface area contributed by atoms with Crippen LogP contribution in [0.3, 0.4) is 0 Å². The Morgan fingerprint density at radius 2 is 0.771 bits per heavy atom. The monoisotopic (exact) mass is 804 g/mol. The zero-order valence-electron chi connectivity index (χ0n) is 28.5. The van der Waals surface area contributed by atoms with Crippen molar-refractivity contribution in [2.24, 2.45) is 0 Å². The van der Waals surface area contributed by atoms with Crippen molar-refractivity contribution in [2.45, 2.75) is 30.6 Å².